The first kappa shape index (κ1) is 14.1. The fourth-order valence-corrected chi connectivity index (χ4v) is 3.07. The smallest absolute Gasteiger partial charge is 0.326 e. The summed E-state index contributed by atoms with van der Waals surface area (Å²) in [4.78, 5) is 29.0. The van der Waals surface area contributed by atoms with Crippen molar-refractivity contribution in [2.24, 2.45) is 0 Å². The van der Waals surface area contributed by atoms with E-state index in [0.717, 1.165) is 32.4 Å². The van der Waals surface area contributed by atoms with Crippen LogP contribution in [0.3, 0.4) is 0 Å². The van der Waals surface area contributed by atoms with Crippen LogP contribution in [-0.2, 0) is 4.79 Å². The normalized spacial score (nSPS) is 28.4. The van der Waals surface area contributed by atoms with Gasteiger partial charge < -0.3 is 19.8 Å². The third kappa shape index (κ3) is 3.00. The molecule has 2 aliphatic rings. The minimum Gasteiger partial charge on any atom is -0.480 e. The molecule has 0 aliphatic carbocycles. The summed E-state index contributed by atoms with van der Waals surface area (Å²) >= 11 is 0. The summed E-state index contributed by atoms with van der Waals surface area (Å²) in [5.41, 5.74) is 0. The number of carboxylic acid groups (broad SMARTS) is 1. The molecule has 2 fully saturated rings. The van der Waals surface area contributed by atoms with Gasteiger partial charge in [-0.25, -0.2) is 9.59 Å². The fourth-order valence-electron chi connectivity index (χ4n) is 3.07. The molecule has 2 saturated heterocycles. The number of carbonyl (C=O) groups excluding carboxylic acids is 1. The van der Waals surface area contributed by atoms with Gasteiger partial charge in [-0.15, -0.1) is 0 Å². The number of likely N-dealkylation sites (N-methyl/N-ethyl adjacent to an activating group) is 2. The Morgan fingerprint density at radius 3 is 2.53 bits per heavy atom. The molecule has 6 nitrogen and oxygen atoms in total. The molecule has 0 saturated carbocycles. The van der Waals surface area contributed by atoms with Gasteiger partial charge in [0, 0.05) is 26.2 Å². The average molecular weight is 269 g/mol. The summed E-state index contributed by atoms with van der Waals surface area (Å²) in [6.07, 6.45) is 3.43. The molecular weight excluding hydrogens is 246 g/mol. The Kier molecular flexibility index (Phi) is 4.29. The van der Waals surface area contributed by atoms with Crippen LogP contribution in [0.4, 0.5) is 4.79 Å². The molecule has 2 rings (SSSR count). The van der Waals surface area contributed by atoms with Crippen LogP contribution in [0.5, 0.6) is 0 Å². The highest BCUT2D eigenvalue weighted by Crippen LogP contribution is 2.21. The van der Waals surface area contributed by atoms with E-state index in [1.54, 1.807) is 11.9 Å². The number of amides is 2. The number of nitrogens with zero attached hydrogens (tertiary/aromatic N) is 3. The number of carbonyl (C=O) groups is 2. The zero-order chi connectivity index (χ0) is 14.0. The highest BCUT2D eigenvalue weighted by atomic mass is 16.4. The highest BCUT2D eigenvalue weighted by molar-refractivity contribution is 5.83. The molecule has 0 radical (unpaired) electrons. The topological polar surface area (TPSA) is 64.1 Å². The van der Waals surface area contributed by atoms with Crippen LogP contribution in [-0.4, -0.2) is 77.6 Å². The zero-order valence-corrected chi connectivity index (χ0v) is 11.7. The highest BCUT2D eigenvalue weighted by Gasteiger charge is 2.37. The van der Waals surface area contributed by atoms with Crippen molar-refractivity contribution < 1.29 is 14.7 Å². The van der Waals surface area contributed by atoms with E-state index < -0.39 is 12.0 Å². The van der Waals surface area contributed by atoms with Crippen molar-refractivity contribution in [1.82, 2.24) is 14.7 Å². The molecule has 1 unspecified atom stereocenters. The summed E-state index contributed by atoms with van der Waals surface area (Å²) in [6, 6.07) is -0.581. The first-order chi connectivity index (χ1) is 9.00. The summed E-state index contributed by atoms with van der Waals surface area (Å²) in [5, 5.41) is 9.15. The number of rotatable bonds is 2. The largest absolute Gasteiger partial charge is 0.480 e. The van der Waals surface area contributed by atoms with Crippen molar-refractivity contribution >= 4 is 12.0 Å². The average Bonchev–Trinajstić information content (AvgIpc) is 2.86. The maximum atomic E-state index is 12.4. The molecular formula is C13H23N3O3. The van der Waals surface area contributed by atoms with Crippen molar-refractivity contribution in [1.29, 1.82) is 0 Å². The second kappa shape index (κ2) is 5.77. The van der Waals surface area contributed by atoms with Gasteiger partial charge in [0.25, 0.3) is 0 Å². The first-order valence-electron chi connectivity index (χ1n) is 6.95. The van der Waals surface area contributed by atoms with Crippen molar-refractivity contribution in [3.63, 3.8) is 0 Å². The Bertz CT molecular complexity index is 361. The maximum absolute atomic E-state index is 12.4. The van der Waals surface area contributed by atoms with Gasteiger partial charge in [0.2, 0.25) is 0 Å². The van der Waals surface area contributed by atoms with Gasteiger partial charge >= 0.3 is 12.0 Å². The predicted molar refractivity (Wildman–Crippen MR) is 71.0 cm³/mol. The van der Waals surface area contributed by atoms with E-state index in [4.69, 9.17) is 5.11 Å². The summed E-state index contributed by atoms with van der Waals surface area (Å²) < 4.78 is 0. The third-order valence-corrected chi connectivity index (χ3v) is 4.23. The molecule has 0 bridgehead atoms. The Morgan fingerprint density at radius 2 is 1.89 bits per heavy atom. The lowest BCUT2D eigenvalue weighted by Crippen LogP contribution is -2.53. The molecule has 108 valence electrons. The SMILES string of the molecule is CN1CCCC(N(C)C(=O)N2CCC[C@@H]2C(=O)O)C1. The minimum absolute atomic E-state index is 0.134. The fraction of sp³-hybridized carbons (Fsp3) is 0.846. The van der Waals surface area contributed by atoms with Gasteiger partial charge in [-0.3, -0.25) is 0 Å². The van der Waals surface area contributed by atoms with Gasteiger partial charge in [-0.05, 0) is 39.3 Å². The Balaban J connectivity index is 2.00. The molecule has 2 heterocycles. The Labute approximate surface area is 114 Å². The number of likely N-dealkylation sites (tertiary alicyclic amines) is 2. The number of aliphatic carboxylic acids is 1. The first-order valence-corrected chi connectivity index (χ1v) is 6.95. The van der Waals surface area contributed by atoms with E-state index in [1.165, 1.54) is 4.90 Å². The van der Waals surface area contributed by atoms with E-state index in [0.29, 0.717) is 13.0 Å². The molecule has 1 N–H and O–H groups in total. The lowest BCUT2D eigenvalue weighted by atomic mass is 10.1. The quantitative estimate of drug-likeness (QED) is 0.801. The third-order valence-electron chi connectivity index (χ3n) is 4.23. The minimum atomic E-state index is -0.889. The van der Waals surface area contributed by atoms with Crippen LogP contribution < -0.4 is 0 Å². The number of carboxylic acids is 1. The summed E-state index contributed by atoms with van der Waals surface area (Å²) in [7, 11) is 3.85. The van der Waals surface area contributed by atoms with Gasteiger partial charge in [-0.2, -0.15) is 0 Å². The lowest BCUT2D eigenvalue weighted by Gasteiger charge is -2.38. The predicted octanol–water partition coefficient (Wildman–Crippen LogP) is 0.681. The van der Waals surface area contributed by atoms with E-state index in [2.05, 4.69) is 11.9 Å². The molecule has 19 heavy (non-hydrogen) atoms. The van der Waals surface area contributed by atoms with Crippen LogP contribution in [0.1, 0.15) is 25.7 Å². The van der Waals surface area contributed by atoms with Crippen molar-refractivity contribution in [3.8, 4) is 0 Å². The summed E-state index contributed by atoms with van der Waals surface area (Å²) in [6.45, 7) is 2.50. The maximum Gasteiger partial charge on any atom is 0.326 e. The van der Waals surface area contributed by atoms with Gasteiger partial charge in [-0.1, -0.05) is 0 Å². The standard InChI is InChI=1S/C13H23N3O3/c1-14-7-3-5-10(9-14)15(2)13(19)16-8-4-6-11(16)12(17)18/h10-11H,3-9H2,1-2H3,(H,17,18)/t10?,11-/m1/s1. The van der Waals surface area contributed by atoms with Crippen LogP contribution in [0.25, 0.3) is 0 Å². The lowest BCUT2D eigenvalue weighted by molar-refractivity contribution is -0.141. The van der Waals surface area contributed by atoms with Gasteiger partial charge in [0.1, 0.15) is 6.04 Å². The number of hydrogen-bond donors (Lipinski definition) is 1. The van der Waals surface area contributed by atoms with Crippen molar-refractivity contribution in [3.05, 3.63) is 0 Å². The van der Waals surface area contributed by atoms with Crippen molar-refractivity contribution in [2.45, 2.75) is 37.8 Å². The molecule has 2 aliphatic heterocycles. The number of hydrogen-bond acceptors (Lipinski definition) is 3. The number of piperidine rings is 1. The van der Waals surface area contributed by atoms with Crippen LogP contribution >= 0.6 is 0 Å². The molecule has 0 aromatic rings. The summed E-state index contributed by atoms with van der Waals surface area (Å²) in [5.74, 6) is -0.889. The zero-order valence-electron chi connectivity index (χ0n) is 11.7. The Hall–Kier alpha value is -1.30. The van der Waals surface area contributed by atoms with Gasteiger partial charge in [0.15, 0.2) is 0 Å². The number of urea groups is 1. The second-order valence-corrected chi connectivity index (χ2v) is 5.64. The van der Waals surface area contributed by atoms with Crippen LogP contribution in [0.15, 0.2) is 0 Å². The second-order valence-electron chi connectivity index (χ2n) is 5.64. The van der Waals surface area contributed by atoms with Crippen molar-refractivity contribution in [2.75, 3.05) is 33.7 Å². The van der Waals surface area contributed by atoms with Crippen LogP contribution in [0, 0.1) is 0 Å². The molecule has 0 spiro atoms. The molecule has 0 aromatic carbocycles. The van der Waals surface area contributed by atoms with E-state index >= 15 is 0 Å². The monoisotopic (exact) mass is 269 g/mol. The van der Waals surface area contributed by atoms with E-state index in [-0.39, 0.29) is 12.1 Å². The molecule has 0 aromatic heterocycles. The molecule has 2 amide bonds. The Morgan fingerprint density at radius 1 is 1.21 bits per heavy atom. The van der Waals surface area contributed by atoms with E-state index in [1.807, 2.05) is 0 Å². The van der Waals surface area contributed by atoms with E-state index in [9.17, 15) is 9.59 Å². The molecule has 2 atom stereocenters. The molecule has 6 heteroatoms. The van der Waals surface area contributed by atoms with Gasteiger partial charge in [0.05, 0.1) is 0 Å². The van der Waals surface area contributed by atoms with Crippen LogP contribution in [0.2, 0.25) is 0 Å².